The first-order chi connectivity index (χ1) is 36.6. The smallest absolute Gasteiger partial charge is 0.138 e. The summed E-state index contributed by atoms with van der Waals surface area (Å²) in [6, 6.07) is 58.9. The van der Waals surface area contributed by atoms with Gasteiger partial charge in [-0.25, -0.2) is 4.98 Å². The molecule has 0 radical (unpaired) electrons. The van der Waals surface area contributed by atoms with Crippen LogP contribution in [0.2, 0.25) is 0 Å². The number of aromatic nitrogens is 3. The molecule has 0 aliphatic carbocycles. The minimum Gasteiger partial charge on any atom is -0.307 e. The maximum atomic E-state index is 10.9. The summed E-state index contributed by atoms with van der Waals surface area (Å²) in [6.07, 6.45) is 2.04. The van der Waals surface area contributed by atoms with Crippen molar-refractivity contribution in [2.75, 3.05) is 0 Å². The second-order valence-electron chi connectivity index (χ2n) is 21.9. The molecule has 0 aliphatic heterocycles. The van der Waals surface area contributed by atoms with Gasteiger partial charge in [0.05, 0.1) is 45.6 Å². The van der Waals surface area contributed by atoms with Crippen LogP contribution in [0.4, 0.5) is 0 Å². The molecular formula is C72H62N4. The van der Waals surface area contributed by atoms with Crippen molar-refractivity contribution in [3.05, 3.63) is 230 Å². The summed E-state index contributed by atoms with van der Waals surface area (Å²) < 4.78 is 4.71. The van der Waals surface area contributed by atoms with Crippen molar-refractivity contribution in [1.29, 1.82) is 5.26 Å². The zero-order chi connectivity index (χ0) is 53.0. The van der Waals surface area contributed by atoms with Gasteiger partial charge in [0.15, 0.2) is 0 Å². The molecular weight excluding hydrogens is 921 g/mol. The number of nitrogens with zero attached hydrogens (tertiary/aromatic N) is 4. The standard InChI is InChI=1S/C72H62N4/c1-40-25-44(5)69(45(6)26-40)52-17-21-63-58(33-52)59-34-53(70-46(7)27-41(2)28-47(70)8)18-22-64(59)75(63)67-39-74-68(37-62(67)57-16-14-13-15-56(57)38-73)76-65-23-19-54(71-48(9)29-42(3)30-49(71)10)35-60(65)61-36-55(20-24-66(61)76)72-50(11)31-43(4)32-51(72)12/h13-37,39H,1-12H3. The van der Waals surface area contributed by atoms with Crippen LogP contribution in [-0.2, 0) is 0 Å². The molecule has 0 fully saturated rings. The summed E-state index contributed by atoms with van der Waals surface area (Å²) in [7, 11) is 0. The lowest BCUT2D eigenvalue weighted by molar-refractivity contribution is 1.06. The van der Waals surface area contributed by atoms with Crippen LogP contribution in [-0.4, -0.2) is 14.1 Å². The fourth-order valence-corrected chi connectivity index (χ4v) is 13.5. The monoisotopic (exact) mass is 982 g/mol. The third-order valence-corrected chi connectivity index (χ3v) is 16.1. The fraction of sp³-hybridized carbons (Fsp3) is 0.167. The van der Waals surface area contributed by atoms with Crippen molar-refractivity contribution in [3.8, 4) is 73.2 Å². The molecule has 12 rings (SSSR count). The highest BCUT2D eigenvalue weighted by atomic mass is 15.1. The van der Waals surface area contributed by atoms with Gasteiger partial charge in [0.1, 0.15) is 5.82 Å². The van der Waals surface area contributed by atoms with Crippen LogP contribution < -0.4 is 0 Å². The molecule has 0 saturated carbocycles. The molecule has 76 heavy (non-hydrogen) atoms. The van der Waals surface area contributed by atoms with Gasteiger partial charge in [0.25, 0.3) is 0 Å². The van der Waals surface area contributed by atoms with Crippen molar-refractivity contribution < 1.29 is 0 Å². The molecule has 0 unspecified atom stereocenters. The summed E-state index contributed by atoms with van der Waals surface area (Å²) in [5.41, 5.74) is 32.6. The summed E-state index contributed by atoms with van der Waals surface area (Å²) in [6.45, 7) is 26.5. The van der Waals surface area contributed by atoms with Gasteiger partial charge in [-0.2, -0.15) is 5.26 Å². The third kappa shape index (κ3) is 7.84. The van der Waals surface area contributed by atoms with Gasteiger partial charge in [-0.15, -0.1) is 0 Å². The zero-order valence-electron chi connectivity index (χ0n) is 45.8. The number of fused-ring (bicyclic) bond motifs is 6. The van der Waals surface area contributed by atoms with Crippen LogP contribution in [0.25, 0.3) is 111 Å². The summed E-state index contributed by atoms with van der Waals surface area (Å²) >= 11 is 0. The minimum atomic E-state index is 0.603. The van der Waals surface area contributed by atoms with Crippen LogP contribution >= 0.6 is 0 Å². The Bertz CT molecular complexity index is 4160. The minimum absolute atomic E-state index is 0.603. The molecule has 12 aromatic rings. The first-order valence-electron chi connectivity index (χ1n) is 26.6. The van der Waals surface area contributed by atoms with Crippen LogP contribution in [0.1, 0.15) is 72.3 Å². The number of hydrogen-bond acceptors (Lipinski definition) is 2. The second kappa shape index (κ2) is 18.3. The van der Waals surface area contributed by atoms with Gasteiger partial charge in [-0.3, -0.25) is 4.57 Å². The van der Waals surface area contributed by atoms with E-state index in [0.717, 1.165) is 66.2 Å². The lowest BCUT2D eigenvalue weighted by Crippen LogP contribution is -2.04. The molecule has 4 heteroatoms. The van der Waals surface area contributed by atoms with E-state index in [1.807, 2.05) is 24.4 Å². The van der Waals surface area contributed by atoms with Crippen molar-refractivity contribution >= 4 is 43.6 Å². The predicted octanol–water partition coefficient (Wildman–Crippen LogP) is 19.2. The Labute approximate surface area is 447 Å². The van der Waals surface area contributed by atoms with E-state index in [9.17, 15) is 5.26 Å². The quantitative estimate of drug-likeness (QED) is 0.160. The number of benzene rings is 9. The molecule has 0 aliphatic rings. The normalized spacial score (nSPS) is 11.7. The maximum absolute atomic E-state index is 10.9. The molecule has 0 N–H and O–H groups in total. The zero-order valence-corrected chi connectivity index (χ0v) is 45.8. The summed E-state index contributed by atoms with van der Waals surface area (Å²) in [5, 5.41) is 15.5. The summed E-state index contributed by atoms with van der Waals surface area (Å²) in [5.74, 6) is 0.776. The molecule has 0 bridgehead atoms. The number of pyridine rings is 1. The Balaban J connectivity index is 1.15. The lowest BCUT2D eigenvalue weighted by Gasteiger charge is -2.18. The van der Waals surface area contributed by atoms with E-state index < -0.39 is 0 Å². The average Bonchev–Trinajstić information content (AvgIpc) is 3.91. The van der Waals surface area contributed by atoms with E-state index in [1.165, 1.54) is 111 Å². The highest BCUT2D eigenvalue weighted by Gasteiger charge is 2.24. The van der Waals surface area contributed by atoms with Crippen LogP contribution in [0, 0.1) is 94.4 Å². The molecule has 3 heterocycles. The SMILES string of the molecule is Cc1cc(C)c(-c2ccc3c(c2)c2cc(-c4c(C)cc(C)cc4C)ccc2n3-c2cc(-c3ccccc3C#N)c(-n3c4ccc(-c5c(C)cc(C)cc5C)cc4c4cc(-c5c(C)cc(C)cc5C)ccc43)cn2)c(C)c1. The lowest BCUT2D eigenvalue weighted by atomic mass is 9.91. The first kappa shape index (κ1) is 48.2. The van der Waals surface area contributed by atoms with Crippen molar-refractivity contribution in [3.63, 3.8) is 0 Å². The van der Waals surface area contributed by atoms with Crippen molar-refractivity contribution in [2.45, 2.75) is 83.1 Å². The Morgan fingerprint density at radius 3 is 0.987 bits per heavy atom. The Morgan fingerprint density at radius 1 is 0.342 bits per heavy atom. The van der Waals surface area contributed by atoms with E-state index in [1.54, 1.807) is 0 Å². The van der Waals surface area contributed by atoms with Crippen molar-refractivity contribution in [2.24, 2.45) is 0 Å². The van der Waals surface area contributed by atoms with Gasteiger partial charge in [-0.05, 0) is 233 Å². The Morgan fingerprint density at radius 2 is 0.658 bits per heavy atom. The molecule has 370 valence electrons. The second-order valence-corrected chi connectivity index (χ2v) is 21.9. The van der Waals surface area contributed by atoms with E-state index >= 15 is 0 Å². The predicted molar refractivity (Wildman–Crippen MR) is 322 cm³/mol. The molecule has 9 aromatic carbocycles. The van der Waals surface area contributed by atoms with E-state index in [-0.39, 0.29) is 0 Å². The van der Waals surface area contributed by atoms with Gasteiger partial charge < -0.3 is 4.57 Å². The number of rotatable bonds is 7. The summed E-state index contributed by atoms with van der Waals surface area (Å²) in [4.78, 5) is 5.52. The number of hydrogen-bond donors (Lipinski definition) is 0. The van der Waals surface area contributed by atoms with Crippen LogP contribution in [0.3, 0.4) is 0 Å². The third-order valence-electron chi connectivity index (χ3n) is 16.1. The van der Waals surface area contributed by atoms with E-state index in [4.69, 9.17) is 4.98 Å². The fourth-order valence-electron chi connectivity index (χ4n) is 13.5. The maximum Gasteiger partial charge on any atom is 0.138 e. The number of nitriles is 1. The average molecular weight is 983 g/mol. The van der Waals surface area contributed by atoms with Gasteiger partial charge >= 0.3 is 0 Å². The van der Waals surface area contributed by atoms with Crippen molar-refractivity contribution in [1.82, 2.24) is 14.1 Å². The van der Waals surface area contributed by atoms with Gasteiger partial charge in [0.2, 0.25) is 0 Å². The molecule has 0 spiro atoms. The topological polar surface area (TPSA) is 46.5 Å². The number of aryl methyl sites for hydroxylation is 12. The Hall–Kier alpha value is -8.78. The first-order valence-corrected chi connectivity index (χ1v) is 26.6. The van der Waals surface area contributed by atoms with Crippen LogP contribution in [0.5, 0.6) is 0 Å². The molecule has 4 nitrogen and oxygen atoms in total. The largest absolute Gasteiger partial charge is 0.307 e. The van der Waals surface area contributed by atoms with E-state index in [2.05, 4.69) is 232 Å². The highest BCUT2D eigenvalue weighted by molar-refractivity contribution is 6.14. The van der Waals surface area contributed by atoms with E-state index in [0.29, 0.717) is 5.56 Å². The molecule has 0 saturated heterocycles. The molecule has 0 atom stereocenters. The molecule has 0 amide bonds. The van der Waals surface area contributed by atoms with Gasteiger partial charge in [-0.1, -0.05) is 113 Å². The highest BCUT2D eigenvalue weighted by Crippen LogP contribution is 2.44. The molecule has 3 aromatic heterocycles. The van der Waals surface area contributed by atoms with Gasteiger partial charge in [0, 0.05) is 32.7 Å². The van der Waals surface area contributed by atoms with Crippen LogP contribution in [0.15, 0.2) is 158 Å². The Kier molecular flexibility index (Phi) is 11.6.